The third kappa shape index (κ3) is 4.87. The molecule has 2 rings (SSSR count). The van der Waals surface area contributed by atoms with Gasteiger partial charge in [0.15, 0.2) is 11.5 Å². The highest BCUT2D eigenvalue weighted by Crippen LogP contribution is 2.35. The monoisotopic (exact) mass is 384 g/mol. The lowest BCUT2D eigenvalue weighted by molar-refractivity contribution is -0.384. The molecule has 2 aromatic rings. The van der Waals surface area contributed by atoms with E-state index in [9.17, 15) is 28.1 Å². The van der Waals surface area contributed by atoms with Crippen LogP contribution in [0.2, 0.25) is 0 Å². The van der Waals surface area contributed by atoms with Crippen LogP contribution in [0.1, 0.15) is 12.5 Å². The van der Waals surface area contributed by atoms with Gasteiger partial charge in [-0.1, -0.05) is 12.1 Å². The number of halogens is 3. The molecule has 0 saturated heterocycles. The number of methoxy groups -OCH3 is 1. The highest BCUT2D eigenvalue weighted by Gasteiger charge is 2.33. The molecule has 0 aromatic heterocycles. The third-order valence-corrected chi connectivity index (χ3v) is 3.53. The predicted molar refractivity (Wildman–Crippen MR) is 89.8 cm³/mol. The van der Waals surface area contributed by atoms with E-state index in [-0.39, 0.29) is 11.4 Å². The van der Waals surface area contributed by atoms with Crippen molar-refractivity contribution in [3.05, 3.63) is 58.1 Å². The van der Waals surface area contributed by atoms with Gasteiger partial charge in [0.05, 0.1) is 17.6 Å². The predicted octanol–water partition coefficient (Wildman–Crippen LogP) is 4.03. The summed E-state index contributed by atoms with van der Waals surface area (Å²) in [6.45, 7) is 1.36. The molecule has 144 valence electrons. The van der Waals surface area contributed by atoms with E-state index in [1.54, 1.807) is 18.2 Å². The van der Waals surface area contributed by atoms with Gasteiger partial charge >= 0.3 is 12.1 Å². The lowest BCUT2D eigenvalue weighted by Crippen LogP contribution is -2.30. The molecule has 0 saturated carbocycles. The van der Waals surface area contributed by atoms with Gasteiger partial charge in [-0.25, -0.2) is 4.79 Å². The molecule has 0 radical (unpaired) electrons. The zero-order valence-corrected chi connectivity index (χ0v) is 14.2. The van der Waals surface area contributed by atoms with Gasteiger partial charge in [-0.3, -0.25) is 10.1 Å². The van der Waals surface area contributed by atoms with Crippen LogP contribution in [0.5, 0.6) is 11.5 Å². The standard InChI is InChI=1S/C17H15F3N2O5/c1-10(16(23)27-15-6-4-3-5-14(15)26-2)21-12-8-7-11(17(18,19)20)9-13(12)22(24)25/h3-10,21H,1-2H3/t10-/m0/s1. The fourth-order valence-corrected chi connectivity index (χ4v) is 2.17. The molecule has 7 nitrogen and oxygen atoms in total. The number of carbonyl (C=O) groups excluding carboxylic acids is 1. The molecular weight excluding hydrogens is 369 g/mol. The first-order valence-corrected chi connectivity index (χ1v) is 7.60. The van der Waals surface area contributed by atoms with Gasteiger partial charge in [-0.15, -0.1) is 0 Å². The smallest absolute Gasteiger partial charge is 0.416 e. The molecule has 0 aliphatic rings. The molecule has 10 heteroatoms. The van der Waals surface area contributed by atoms with E-state index < -0.39 is 34.4 Å². The Hall–Kier alpha value is -3.30. The minimum absolute atomic E-state index is 0.139. The molecule has 27 heavy (non-hydrogen) atoms. The Bertz CT molecular complexity index is 855. The first kappa shape index (κ1) is 20.0. The summed E-state index contributed by atoms with van der Waals surface area (Å²) in [6, 6.07) is 7.26. The number of nitro benzene ring substituents is 1. The fourth-order valence-electron chi connectivity index (χ4n) is 2.17. The van der Waals surface area contributed by atoms with Crippen molar-refractivity contribution < 1.29 is 32.4 Å². The van der Waals surface area contributed by atoms with Crippen molar-refractivity contribution in [2.75, 3.05) is 12.4 Å². The zero-order valence-electron chi connectivity index (χ0n) is 14.2. The second kappa shape index (κ2) is 7.94. The largest absolute Gasteiger partial charge is 0.493 e. The maximum absolute atomic E-state index is 12.7. The summed E-state index contributed by atoms with van der Waals surface area (Å²) in [7, 11) is 1.39. The Morgan fingerprint density at radius 3 is 2.37 bits per heavy atom. The van der Waals surface area contributed by atoms with Crippen molar-refractivity contribution in [3.63, 3.8) is 0 Å². The van der Waals surface area contributed by atoms with Crippen molar-refractivity contribution in [2.24, 2.45) is 0 Å². The maximum atomic E-state index is 12.7. The summed E-state index contributed by atoms with van der Waals surface area (Å²) >= 11 is 0. The highest BCUT2D eigenvalue weighted by atomic mass is 19.4. The average molecular weight is 384 g/mol. The summed E-state index contributed by atoms with van der Waals surface area (Å²) in [5.41, 5.74) is -2.21. The van der Waals surface area contributed by atoms with Gasteiger partial charge in [0.1, 0.15) is 11.7 Å². The summed E-state index contributed by atoms with van der Waals surface area (Å²) in [5, 5.41) is 13.6. The van der Waals surface area contributed by atoms with Gasteiger partial charge < -0.3 is 14.8 Å². The van der Waals surface area contributed by atoms with Gasteiger partial charge in [-0.05, 0) is 31.2 Å². The number of nitrogens with one attached hydrogen (secondary N) is 1. The van der Waals surface area contributed by atoms with Crippen LogP contribution in [0.25, 0.3) is 0 Å². The molecule has 0 unspecified atom stereocenters. The Balaban J connectivity index is 2.20. The van der Waals surface area contributed by atoms with E-state index in [2.05, 4.69) is 5.32 Å². The number of rotatable bonds is 6. The Morgan fingerprint density at radius 1 is 1.19 bits per heavy atom. The van der Waals surface area contributed by atoms with Crippen molar-refractivity contribution in [2.45, 2.75) is 19.1 Å². The number of esters is 1. The quantitative estimate of drug-likeness (QED) is 0.350. The van der Waals surface area contributed by atoms with Gasteiger partial charge in [-0.2, -0.15) is 13.2 Å². The van der Waals surface area contributed by atoms with Gasteiger partial charge in [0.25, 0.3) is 5.69 Å². The third-order valence-electron chi connectivity index (χ3n) is 3.53. The van der Waals surface area contributed by atoms with Crippen molar-refractivity contribution in [1.29, 1.82) is 0 Å². The van der Waals surface area contributed by atoms with Crippen molar-refractivity contribution in [3.8, 4) is 11.5 Å². The van der Waals surface area contributed by atoms with Crippen molar-refractivity contribution >= 4 is 17.3 Å². The number of ether oxygens (including phenoxy) is 2. The number of hydrogen-bond donors (Lipinski definition) is 1. The molecule has 0 heterocycles. The van der Waals surface area contributed by atoms with Crippen LogP contribution in [0, 0.1) is 10.1 Å². The topological polar surface area (TPSA) is 90.7 Å². The molecule has 2 aromatic carbocycles. The second-order valence-corrected chi connectivity index (χ2v) is 5.42. The minimum Gasteiger partial charge on any atom is -0.493 e. The van der Waals surface area contributed by atoms with Crippen molar-refractivity contribution in [1.82, 2.24) is 0 Å². The minimum atomic E-state index is -4.72. The number of anilines is 1. The lowest BCUT2D eigenvalue weighted by Gasteiger charge is -2.16. The highest BCUT2D eigenvalue weighted by molar-refractivity contribution is 5.82. The van der Waals surface area contributed by atoms with Crippen LogP contribution in [0.15, 0.2) is 42.5 Å². The van der Waals surface area contributed by atoms with E-state index in [0.29, 0.717) is 17.9 Å². The Labute approximate surface area is 151 Å². The summed E-state index contributed by atoms with van der Waals surface area (Å²) in [6.07, 6.45) is -4.72. The number of carbonyl (C=O) groups is 1. The SMILES string of the molecule is COc1ccccc1OC(=O)[C@H](C)Nc1ccc(C(F)(F)F)cc1[N+](=O)[O-]. The van der Waals surface area contributed by atoms with Crippen LogP contribution >= 0.6 is 0 Å². The Morgan fingerprint density at radius 2 is 1.81 bits per heavy atom. The van der Waals surface area contributed by atoms with E-state index in [1.165, 1.54) is 20.1 Å². The number of para-hydroxylation sites is 2. The molecule has 0 aliphatic heterocycles. The van der Waals surface area contributed by atoms with E-state index in [0.717, 1.165) is 6.07 Å². The van der Waals surface area contributed by atoms with Crippen LogP contribution in [-0.4, -0.2) is 24.0 Å². The lowest BCUT2D eigenvalue weighted by atomic mass is 10.1. The van der Waals surface area contributed by atoms with Gasteiger partial charge in [0, 0.05) is 6.07 Å². The second-order valence-electron chi connectivity index (χ2n) is 5.42. The fraction of sp³-hybridized carbons (Fsp3) is 0.235. The molecule has 0 fully saturated rings. The molecule has 1 atom stereocenters. The summed E-state index contributed by atoms with van der Waals surface area (Å²) in [5.74, 6) is -0.354. The maximum Gasteiger partial charge on any atom is 0.416 e. The molecule has 0 bridgehead atoms. The molecular formula is C17H15F3N2O5. The number of benzene rings is 2. The van der Waals surface area contributed by atoms with E-state index in [4.69, 9.17) is 9.47 Å². The van der Waals surface area contributed by atoms with Crippen LogP contribution < -0.4 is 14.8 Å². The molecule has 0 amide bonds. The van der Waals surface area contributed by atoms with Crippen LogP contribution in [0.4, 0.5) is 24.5 Å². The molecule has 0 spiro atoms. The zero-order chi connectivity index (χ0) is 20.2. The number of nitro groups is 1. The molecule has 1 N–H and O–H groups in total. The van der Waals surface area contributed by atoms with Crippen LogP contribution in [-0.2, 0) is 11.0 Å². The number of alkyl halides is 3. The number of hydrogen-bond acceptors (Lipinski definition) is 6. The van der Waals surface area contributed by atoms with Gasteiger partial charge in [0.2, 0.25) is 0 Å². The summed E-state index contributed by atoms with van der Waals surface area (Å²) in [4.78, 5) is 22.3. The number of nitrogens with zero attached hydrogens (tertiary/aromatic N) is 1. The first-order valence-electron chi connectivity index (χ1n) is 7.60. The van der Waals surface area contributed by atoms with E-state index >= 15 is 0 Å². The normalized spacial score (nSPS) is 12.2. The average Bonchev–Trinajstić information content (AvgIpc) is 2.61. The molecule has 0 aliphatic carbocycles. The van der Waals surface area contributed by atoms with E-state index in [1.807, 2.05) is 0 Å². The summed E-state index contributed by atoms with van der Waals surface area (Å²) < 4.78 is 48.4. The van der Waals surface area contributed by atoms with Crippen LogP contribution in [0.3, 0.4) is 0 Å². The first-order chi connectivity index (χ1) is 12.6. The Kier molecular flexibility index (Phi) is 5.88.